The van der Waals surface area contributed by atoms with E-state index in [0.717, 1.165) is 54.1 Å². The van der Waals surface area contributed by atoms with Crippen molar-refractivity contribution in [3.05, 3.63) is 141 Å². The number of nitro benzene ring substituents is 2. The Morgan fingerprint density at radius 2 is 1.04 bits per heavy atom. The molecule has 0 heterocycles. The summed E-state index contributed by atoms with van der Waals surface area (Å²) in [6.45, 7) is 0.0906. The fraction of sp³-hybridized carbons (Fsp3) is 0.143. The lowest BCUT2D eigenvalue weighted by atomic mass is 10.1. The van der Waals surface area contributed by atoms with E-state index in [0.29, 0.717) is 5.56 Å². The number of nitrogens with one attached hydrogen (secondary N) is 1. The number of halogens is 1. The third kappa shape index (κ3) is 12.3. The minimum absolute atomic E-state index is 0.0987. The van der Waals surface area contributed by atoms with Crippen LogP contribution in [0.15, 0.2) is 119 Å². The highest BCUT2D eigenvalue weighted by Gasteiger charge is 2.18. The van der Waals surface area contributed by atoms with Gasteiger partial charge in [-0.1, -0.05) is 60.7 Å². The van der Waals surface area contributed by atoms with Crippen molar-refractivity contribution >= 4 is 41.1 Å². The average molecular weight is 681 g/mol. The number of nitrogens with zero attached hydrogens (tertiary/aromatic N) is 2. The van der Waals surface area contributed by atoms with E-state index in [9.17, 15) is 47.3 Å². The number of aliphatic hydroxyl groups excluding tert-OH is 2. The number of sulfonamides is 1. The fourth-order valence-corrected chi connectivity index (χ4v) is 5.16. The number of non-ortho nitro benzene ring substituents is 2. The first-order valence-corrected chi connectivity index (χ1v) is 16.5. The number of benzene rings is 4. The first-order chi connectivity index (χ1) is 21.2. The molecular formula is C28H29ClN4O10S2. The molecule has 0 fully saturated rings. The molecule has 0 aromatic heterocycles. The molecule has 0 aliphatic heterocycles. The normalized spacial score (nSPS) is 12.4. The Kier molecular flexibility index (Phi) is 14.2. The van der Waals surface area contributed by atoms with Gasteiger partial charge in [-0.05, 0) is 35.4 Å². The molecule has 0 aliphatic rings. The molecular weight excluding hydrogens is 652 g/mol. The molecule has 4 rings (SSSR count). The quantitative estimate of drug-likeness (QED) is 0.107. The van der Waals surface area contributed by atoms with Gasteiger partial charge in [0.25, 0.3) is 20.4 Å². The van der Waals surface area contributed by atoms with Gasteiger partial charge in [0.2, 0.25) is 10.0 Å². The van der Waals surface area contributed by atoms with Gasteiger partial charge in [-0.15, -0.1) is 0 Å². The van der Waals surface area contributed by atoms with Crippen molar-refractivity contribution in [2.24, 2.45) is 5.73 Å². The van der Waals surface area contributed by atoms with Crippen molar-refractivity contribution in [3.63, 3.8) is 0 Å². The zero-order valence-corrected chi connectivity index (χ0v) is 25.7. The van der Waals surface area contributed by atoms with Gasteiger partial charge in [0.15, 0.2) is 0 Å². The van der Waals surface area contributed by atoms with E-state index in [1.807, 2.05) is 30.3 Å². The Morgan fingerprint density at radius 1 is 0.667 bits per heavy atom. The number of nitro groups is 2. The van der Waals surface area contributed by atoms with E-state index in [1.165, 1.54) is 0 Å². The van der Waals surface area contributed by atoms with Crippen LogP contribution in [0.4, 0.5) is 11.4 Å². The molecule has 45 heavy (non-hydrogen) atoms. The van der Waals surface area contributed by atoms with Crippen molar-refractivity contribution in [1.29, 1.82) is 0 Å². The maximum atomic E-state index is 12.1. The van der Waals surface area contributed by atoms with Gasteiger partial charge in [0, 0.05) is 48.0 Å². The second-order valence-corrected chi connectivity index (χ2v) is 13.2. The lowest BCUT2D eigenvalue weighted by molar-refractivity contribution is -0.385. The highest BCUT2D eigenvalue weighted by molar-refractivity contribution is 8.13. The Hall–Kier alpha value is -4.29. The molecule has 0 bridgehead atoms. The first kappa shape index (κ1) is 36.9. The van der Waals surface area contributed by atoms with Crippen LogP contribution in [0.5, 0.6) is 0 Å². The van der Waals surface area contributed by atoms with Crippen molar-refractivity contribution in [1.82, 2.24) is 4.72 Å². The number of nitrogens with two attached hydrogens (primary N) is 1. The highest BCUT2D eigenvalue weighted by Crippen LogP contribution is 2.19. The molecule has 0 radical (unpaired) electrons. The van der Waals surface area contributed by atoms with E-state index in [4.69, 9.17) is 16.4 Å². The van der Waals surface area contributed by atoms with Crippen LogP contribution in [0.3, 0.4) is 0 Å². The Bertz CT molecular complexity index is 1750. The Morgan fingerprint density at radius 3 is 1.40 bits per heavy atom. The van der Waals surface area contributed by atoms with Crippen LogP contribution in [0.1, 0.15) is 23.3 Å². The van der Waals surface area contributed by atoms with E-state index in [1.54, 1.807) is 30.3 Å². The third-order valence-electron chi connectivity index (χ3n) is 5.75. The predicted octanol–water partition coefficient (Wildman–Crippen LogP) is 3.81. The van der Waals surface area contributed by atoms with Crippen molar-refractivity contribution in [2.45, 2.75) is 22.0 Å². The third-order valence-corrected chi connectivity index (χ3v) is 8.55. The summed E-state index contributed by atoms with van der Waals surface area (Å²) in [7, 11) is -2.64. The fourth-order valence-electron chi connectivity index (χ4n) is 3.35. The maximum Gasteiger partial charge on any atom is 0.269 e. The minimum Gasteiger partial charge on any atom is -0.387 e. The summed E-state index contributed by atoms with van der Waals surface area (Å²) in [5, 5.41) is 39.9. The Balaban J connectivity index is 0.000000259. The van der Waals surface area contributed by atoms with Crippen LogP contribution in [0, 0.1) is 20.2 Å². The van der Waals surface area contributed by atoms with Gasteiger partial charge in [0.05, 0.1) is 31.8 Å². The summed E-state index contributed by atoms with van der Waals surface area (Å²) in [5.41, 5.74) is 6.36. The summed E-state index contributed by atoms with van der Waals surface area (Å²) in [6, 6.07) is 26.9. The van der Waals surface area contributed by atoms with Crippen LogP contribution >= 0.6 is 10.7 Å². The first-order valence-electron chi connectivity index (χ1n) is 12.7. The van der Waals surface area contributed by atoms with Crippen molar-refractivity contribution in [2.75, 3.05) is 13.1 Å². The molecule has 240 valence electrons. The Labute approximate surface area is 263 Å². The number of hydrogen-bond donors (Lipinski definition) is 4. The van der Waals surface area contributed by atoms with Gasteiger partial charge in [0.1, 0.15) is 0 Å². The topological polar surface area (TPSA) is 233 Å². The second-order valence-electron chi connectivity index (χ2n) is 8.88. The molecule has 0 saturated carbocycles. The van der Waals surface area contributed by atoms with E-state index >= 15 is 0 Å². The van der Waals surface area contributed by atoms with Crippen LogP contribution in [-0.4, -0.2) is 50.0 Å². The number of rotatable bonds is 10. The van der Waals surface area contributed by atoms with Gasteiger partial charge in [-0.2, -0.15) is 0 Å². The highest BCUT2D eigenvalue weighted by atomic mass is 35.7. The van der Waals surface area contributed by atoms with Crippen LogP contribution in [0.2, 0.25) is 0 Å². The number of hydrogen-bond acceptors (Lipinski definition) is 11. The van der Waals surface area contributed by atoms with Gasteiger partial charge < -0.3 is 15.9 Å². The molecule has 4 aromatic rings. The molecule has 0 amide bonds. The predicted molar refractivity (Wildman–Crippen MR) is 166 cm³/mol. The summed E-state index contributed by atoms with van der Waals surface area (Å²) in [5.74, 6) is 0. The van der Waals surface area contributed by atoms with E-state index < -0.39 is 41.1 Å². The maximum absolute atomic E-state index is 12.1. The molecule has 5 N–H and O–H groups in total. The zero-order valence-electron chi connectivity index (χ0n) is 23.3. The lowest BCUT2D eigenvalue weighted by Gasteiger charge is -2.12. The molecule has 4 aromatic carbocycles. The van der Waals surface area contributed by atoms with Crippen LogP contribution in [-0.2, 0) is 19.1 Å². The van der Waals surface area contributed by atoms with Gasteiger partial charge in [-0.25, -0.2) is 21.6 Å². The minimum atomic E-state index is -3.84. The average Bonchev–Trinajstić information content (AvgIpc) is 3.04. The molecule has 2 atom stereocenters. The number of aliphatic hydroxyl groups is 2. The second kappa shape index (κ2) is 17.3. The zero-order chi connectivity index (χ0) is 33.6. The summed E-state index contributed by atoms with van der Waals surface area (Å²) < 4.78 is 47.8. The lowest BCUT2D eigenvalue weighted by Crippen LogP contribution is -2.28. The summed E-state index contributed by atoms with van der Waals surface area (Å²) in [6.07, 6.45) is -1.49. The molecule has 17 heteroatoms. The van der Waals surface area contributed by atoms with E-state index in [-0.39, 0.29) is 34.3 Å². The monoisotopic (exact) mass is 680 g/mol. The summed E-state index contributed by atoms with van der Waals surface area (Å²) >= 11 is 0. The van der Waals surface area contributed by atoms with Gasteiger partial charge in [-0.3, -0.25) is 20.2 Å². The van der Waals surface area contributed by atoms with Gasteiger partial charge >= 0.3 is 0 Å². The molecule has 2 unspecified atom stereocenters. The largest absolute Gasteiger partial charge is 0.387 e. The van der Waals surface area contributed by atoms with Crippen LogP contribution in [0.25, 0.3) is 0 Å². The molecule has 14 nitrogen and oxygen atoms in total. The smallest absolute Gasteiger partial charge is 0.269 e. The molecule has 0 aliphatic carbocycles. The van der Waals surface area contributed by atoms with Crippen molar-refractivity contribution < 1.29 is 36.9 Å². The van der Waals surface area contributed by atoms with Crippen LogP contribution < -0.4 is 10.5 Å². The van der Waals surface area contributed by atoms with Crippen molar-refractivity contribution in [3.8, 4) is 0 Å². The SMILES string of the molecule is NCC(O)c1ccccc1.O=[N+]([O-])c1ccc(S(=O)(=O)Cl)cc1.O=[N+]([O-])c1ccc(S(=O)(=O)NCC(O)c2ccccc2)cc1. The standard InChI is InChI=1S/C14H14N2O5S.C8H11NO.C6H4ClNO4S/c17-14(11-4-2-1-3-5-11)10-15-22(20,21)13-8-6-12(7-9-13)16(18)19;9-6-8(10)7-4-2-1-3-5-7;7-13(11,12)6-3-1-5(2-4-6)8(9)10/h1-9,14-15,17H,10H2;1-5,8,10H,6,9H2;1-4H. The molecule has 0 saturated heterocycles. The molecule has 0 spiro atoms. The van der Waals surface area contributed by atoms with E-state index in [2.05, 4.69) is 4.72 Å². The summed E-state index contributed by atoms with van der Waals surface area (Å²) in [4.78, 5) is 19.2.